The van der Waals surface area contributed by atoms with E-state index in [-0.39, 0.29) is 0 Å². The van der Waals surface area contributed by atoms with Gasteiger partial charge in [-0.15, -0.1) is 0 Å². The molecule has 0 heterocycles. The van der Waals surface area contributed by atoms with Gasteiger partial charge in [0.25, 0.3) is 0 Å². The summed E-state index contributed by atoms with van der Waals surface area (Å²) in [7, 11) is 0. The van der Waals surface area contributed by atoms with Crippen LogP contribution in [0.3, 0.4) is 0 Å². The molecule has 0 radical (unpaired) electrons. The fourth-order valence-electron chi connectivity index (χ4n) is 3.00. The van der Waals surface area contributed by atoms with Crippen molar-refractivity contribution < 1.29 is 0 Å². The van der Waals surface area contributed by atoms with E-state index in [0.717, 1.165) is 11.8 Å². The van der Waals surface area contributed by atoms with E-state index >= 15 is 0 Å². The zero-order valence-corrected chi connectivity index (χ0v) is 8.72. The van der Waals surface area contributed by atoms with Crippen LogP contribution >= 0.6 is 0 Å². The fourth-order valence-corrected chi connectivity index (χ4v) is 3.00. The molecule has 68 valence electrons. The summed E-state index contributed by atoms with van der Waals surface area (Å²) in [6.07, 6.45) is 7.78. The molecule has 12 heavy (non-hydrogen) atoms. The first kappa shape index (κ1) is 8.34. The van der Waals surface area contributed by atoms with Gasteiger partial charge in [-0.2, -0.15) is 0 Å². The maximum absolute atomic E-state index is 2.50. The van der Waals surface area contributed by atoms with Crippen molar-refractivity contribution >= 4 is 0 Å². The number of rotatable bonds is 0. The van der Waals surface area contributed by atoms with Gasteiger partial charge in [0.15, 0.2) is 0 Å². The third-order valence-electron chi connectivity index (χ3n) is 4.17. The Morgan fingerprint density at radius 1 is 1.25 bits per heavy atom. The second kappa shape index (κ2) is 2.16. The van der Waals surface area contributed by atoms with Gasteiger partial charge in [-0.3, -0.25) is 0 Å². The second-order valence-corrected chi connectivity index (χ2v) is 5.81. The molecule has 0 aromatic carbocycles. The minimum Gasteiger partial charge on any atom is -0.0845 e. The lowest BCUT2D eigenvalue weighted by Crippen LogP contribution is -2.30. The minimum atomic E-state index is 0.461. The van der Waals surface area contributed by atoms with Gasteiger partial charge in [0.05, 0.1) is 0 Å². The summed E-state index contributed by atoms with van der Waals surface area (Å²) < 4.78 is 0. The molecule has 0 nitrogen and oxygen atoms in total. The number of fused-ring (bicyclic) bond motifs is 2. The van der Waals surface area contributed by atoms with Gasteiger partial charge >= 0.3 is 0 Å². The molecule has 2 aliphatic rings. The summed E-state index contributed by atoms with van der Waals surface area (Å²) in [5.74, 6) is 1.82. The lowest BCUT2D eigenvalue weighted by molar-refractivity contribution is 0.151. The summed E-state index contributed by atoms with van der Waals surface area (Å²) in [6, 6.07) is 0. The van der Waals surface area contributed by atoms with Crippen molar-refractivity contribution in [3.8, 4) is 0 Å². The van der Waals surface area contributed by atoms with Crippen LogP contribution in [-0.2, 0) is 0 Å². The highest BCUT2D eigenvalue weighted by Crippen LogP contribution is 2.60. The van der Waals surface area contributed by atoms with Crippen molar-refractivity contribution in [1.29, 1.82) is 0 Å². The van der Waals surface area contributed by atoms with E-state index in [4.69, 9.17) is 0 Å². The standard InChI is InChI=1S/C12H20/c1-9-7-12(11(2,3)4)6-5-10(9)8-12/h5-6,9-10H,7-8H2,1-4H3. The molecule has 3 unspecified atom stereocenters. The summed E-state index contributed by atoms with van der Waals surface area (Å²) in [4.78, 5) is 0. The molecule has 2 aliphatic carbocycles. The molecule has 1 fully saturated rings. The van der Waals surface area contributed by atoms with E-state index in [9.17, 15) is 0 Å². The van der Waals surface area contributed by atoms with Crippen LogP contribution in [0.15, 0.2) is 12.2 Å². The van der Waals surface area contributed by atoms with E-state index in [0.29, 0.717) is 10.8 Å². The zero-order chi connectivity index (χ0) is 8.98. The average Bonchev–Trinajstić information content (AvgIpc) is 2.42. The Kier molecular flexibility index (Phi) is 1.50. The molecule has 0 aromatic heterocycles. The predicted molar refractivity (Wildman–Crippen MR) is 52.9 cm³/mol. The summed E-state index contributed by atoms with van der Waals surface area (Å²) in [5, 5.41) is 0. The van der Waals surface area contributed by atoms with E-state index < -0.39 is 0 Å². The van der Waals surface area contributed by atoms with Gasteiger partial charge in [0.2, 0.25) is 0 Å². The zero-order valence-electron chi connectivity index (χ0n) is 8.72. The van der Waals surface area contributed by atoms with Gasteiger partial charge < -0.3 is 0 Å². The van der Waals surface area contributed by atoms with Crippen LogP contribution in [-0.4, -0.2) is 0 Å². The normalized spacial score (nSPS) is 45.7. The third-order valence-corrected chi connectivity index (χ3v) is 4.17. The summed E-state index contributed by atoms with van der Waals surface area (Å²) in [6.45, 7) is 9.56. The minimum absolute atomic E-state index is 0.461. The van der Waals surface area contributed by atoms with Crippen molar-refractivity contribution in [3.63, 3.8) is 0 Å². The maximum Gasteiger partial charge on any atom is -0.00612 e. The highest BCUT2D eigenvalue weighted by Gasteiger charge is 2.51. The van der Waals surface area contributed by atoms with Gasteiger partial charge in [0, 0.05) is 0 Å². The SMILES string of the molecule is CC1CC2(C(C)(C)C)C=CC1C2. The average molecular weight is 164 g/mol. The molecule has 2 bridgehead atoms. The molecule has 1 saturated carbocycles. The number of hydrogen-bond acceptors (Lipinski definition) is 0. The fraction of sp³-hybridized carbons (Fsp3) is 0.833. The number of hydrogen-bond donors (Lipinski definition) is 0. The van der Waals surface area contributed by atoms with Crippen LogP contribution < -0.4 is 0 Å². The largest absolute Gasteiger partial charge is 0.0845 e. The first-order valence-electron chi connectivity index (χ1n) is 5.14. The third kappa shape index (κ3) is 0.901. The molecule has 0 heteroatoms. The van der Waals surface area contributed by atoms with Crippen molar-refractivity contribution in [3.05, 3.63) is 12.2 Å². The molecule has 0 spiro atoms. The number of allylic oxidation sites excluding steroid dienone is 2. The van der Waals surface area contributed by atoms with E-state index in [1.165, 1.54) is 12.8 Å². The van der Waals surface area contributed by atoms with Crippen molar-refractivity contribution in [1.82, 2.24) is 0 Å². The molecule has 0 aliphatic heterocycles. The van der Waals surface area contributed by atoms with E-state index in [1.807, 2.05) is 0 Å². The lowest BCUT2D eigenvalue weighted by Gasteiger charge is -2.39. The molecular formula is C12H20. The van der Waals surface area contributed by atoms with Crippen LogP contribution in [0, 0.1) is 22.7 Å². The topological polar surface area (TPSA) is 0 Å². The van der Waals surface area contributed by atoms with Crippen LogP contribution in [0.4, 0.5) is 0 Å². The Balaban J connectivity index is 2.31. The lowest BCUT2D eigenvalue weighted by atomic mass is 9.66. The highest BCUT2D eigenvalue weighted by molar-refractivity contribution is 5.20. The first-order valence-corrected chi connectivity index (χ1v) is 5.14. The highest BCUT2D eigenvalue weighted by atomic mass is 14.6. The summed E-state index contributed by atoms with van der Waals surface area (Å²) >= 11 is 0. The van der Waals surface area contributed by atoms with Gasteiger partial charge in [0.1, 0.15) is 0 Å². The quantitative estimate of drug-likeness (QED) is 0.479. The van der Waals surface area contributed by atoms with Crippen molar-refractivity contribution in [2.75, 3.05) is 0 Å². The molecule has 3 atom stereocenters. The molecule has 2 rings (SSSR count). The van der Waals surface area contributed by atoms with E-state index in [1.54, 1.807) is 0 Å². The van der Waals surface area contributed by atoms with Crippen LogP contribution in [0.5, 0.6) is 0 Å². The van der Waals surface area contributed by atoms with Gasteiger partial charge in [-0.25, -0.2) is 0 Å². The van der Waals surface area contributed by atoms with Crippen LogP contribution in [0.2, 0.25) is 0 Å². The Labute approximate surface area is 76.1 Å². The first-order chi connectivity index (χ1) is 5.45. The van der Waals surface area contributed by atoms with Crippen molar-refractivity contribution in [2.45, 2.75) is 40.5 Å². The molecule has 0 amide bonds. The molecule has 0 N–H and O–H groups in total. The van der Waals surface area contributed by atoms with E-state index in [2.05, 4.69) is 39.8 Å². The van der Waals surface area contributed by atoms with Crippen LogP contribution in [0.1, 0.15) is 40.5 Å². The maximum atomic E-state index is 2.50. The second-order valence-electron chi connectivity index (χ2n) is 5.81. The Bertz CT molecular complexity index is 219. The van der Waals surface area contributed by atoms with Crippen LogP contribution in [0.25, 0.3) is 0 Å². The smallest absolute Gasteiger partial charge is 0.00612 e. The Morgan fingerprint density at radius 2 is 1.92 bits per heavy atom. The summed E-state index contributed by atoms with van der Waals surface area (Å²) in [5.41, 5.74) is 1.00. The Hall–Kier alpha value is -0.260. The van der Waals surface area contributed by atoms with Gasteiger partial charge in [-0.05, 0) is 35.5 Å². The predicted octanol–water partition coefficient (Wildman–Crippen LogP) is 3.63. The molecule has 0 aromatic rings. The Morgan fingerprint density at radius 3 is 2.17 bits per heavy atom. The molecular weight excluding hydrogens is 144 g/mol. The monoisotopic (exact) mass is 164 g/mol. The molecule has 0 saturated heterocycles. The van der Waals surface area contributed by atoms with Gasteiger partial charge in [-0.1, -0.05) is 39.8 Å². The van der Waals surface area contributed by atoms with Crippen molar-refractivity contribution in [2.24, 2.45) is 22.7 Å².